The molecule has 0 saturated heterocycles. The first kappa shape index (κ1) is 32.3. The van der Waals surface area contributed by atoms with Crippen LogP contribution in [0.25, 0.3) is 0 Å². The van der Waals surface area contributed by atoms with Crippen LogP contribution in [0.1, 0.15) is 0 Å². The molecule has 0 rings (SSSR count). The standard InChI is InChI=1S/C11H2F21I/c12-2(13,1-33)3(14,15)4(16,17)5(18,19)6(20,21)7(22,23)8(24,25)9(26,27)10(28,29)11(30,31)32/h1H2. The van der Waals surface area contributed by atoms with Crippen LogP contribution in [0.15, 0.2) is 0 Å². The molecule has 0 amide bonds. The molecule has 0 fully saturated rings. The van der Waals surface area contributed by atoms with Gasteiger partial charge < -0.3 is 0 Å². The van der Waals surface area contributed by atoms with Crippen LogP contribution in [-0.2, 0) is 0 Å². The average Bonchev–Trinajstić information content (AvgIpc) is 2.59. The Hall–Kier alpha value is -0.740. The molecule has 0 N–H and O–H groups in total. The van der Waals surface area contributed by atoms with Crippen molar-refractivity contribution in [2.75, 3.05) is 4.43 Å². The number of hydrogen-bond acceptors (Lipinski definition) is 0. The molecule has 22 heteroatoms. The summed E-state index contributed by atoms with van der Waals surface area (Å²) >= 11 is 0.0472. The zero-order chi connectivity index (χ0) is 27.7. The van der Waals surface area contributed by atoms with E-state index in [0.29, 0.717) is 0 Å². The summed E-state index contributed by atoms with van der Waals surface area (Å²) in [7, 11) is 0. The van der Waals surface area contributed by atoms with Crippen molar-refractivity contribution in [3.63, 3.8) is 0 Å². The molecule has 0 aromatic carbocycles. The molecule has 0 aliphatic rings. The van der Waals surface area contributed by atoms with Gasteiger partial charge in [-0.15, -0.1) is 0 Å². The third-order valence-corrected chi connectivity index (χ3v) is 4.70. The van der Waals surface area contributed by atoms with Gasteiger partial charge in [0.25, 0.3) is 0 Å². The van der Waals surface area contributed by atoms with E-state index in [4.69, 9.17) is 0 Å². The zero-order valence-corrected chi connectivity index (χ0v) is 16.2. The second-order valence-corrected chi connectivity index (χ2v) is 6.69. The minimum atomic E-state index is -9.12. The second kappa shape index (κ2) is 7.88. The Morgan fingerprint density at radius 1 is 0.303 bits per heavy atom. The third-order valence-electron chi connectivity index (χ3n) is 3.74. The first-order valence-electron chi connectivity index (χ1n) is 6.84. The average molecular weight is 660 g/mol. The quantitative estimate of drug-likeness (QED) is 0.135. The molecule has 0 bridgehead atoms. The Kier molecular flexibility index (Phi) is 7.71. The molecule has 0 aliphatic heterocycles. The fourth-order valence-electron chi connectivity index (χ4n) is 1.67. The summed E-state index contributed by atoms with van der Waals surface area (Å²) in [6, 6.07) is 0. The molecule has 0 nitrogen and oxygen atoms in total. The molecule has 33 heavy (non-hydrogen) atoms. The summed E-state index contributed by atoms with van der Waals surface area (Å²) in [4.78, 5) is 0. The topological polar surface area (TPSA) is 0 Å². The van der Waals surface area contributed by atoms with Crippen LogP contribution in [0.2, 0.25) is 0 Å². The minimum absolute atomic E-state index is 0.0472. The lowest BCUT2D eigenvalue weighted by Crippen LogP contribution is -2.76. The van der Waals surface area contributed by atoms with E-state index in [1.165, 1.54) is 0 Å². The van der Waals surface area contributed by atoms with E-state index < -0.39 is 63.9 Å². The number of rotatable bonds is 9. The van der Waals surface area contributed by atoms with Gasteiger partial charge in [0.15, 0.2) is 0 Å². The normalized spacial score (nSPS) is 16.9. The van der Waals surface area contributed by atoms with Crippen LogP contribution in [0.4, 0.5) is 92.2 Å². The Bertz CT molecular complexity index is 714. The highest BCUT2D eigenvalue weighted by molar-refractivity contribution is 14.1. The molecular formula is C11H2F21I. The molecule has 0 aromatic rings. The van der Waals surface area contributed by atoms with Crippen molar-refractivity contribution in [1.82, 2.24) is 0 Å². The number of alkyl halides is 22. The van der Waals surface area contributed by atoms with Crippen LogP contribution in [-0.4, -0.2) is 63.9 Å². The summed E-state index contributed by atoms with van der Waals surface area (Å²) < 4.78 is 268. The Morgan fingerprint density at radius 3 is 0.667 bits per heavy atom. The predicted octanol–water partition coefficient (Wildman–Crippen LogP) is 7.70. The smallest absolute Gasteiger partial charge is 0.199 e. The second-order valence-electron chi connectivity index (χ2n) is 5.93. The summed E-state index contributed by atoms with van der Waals surface area (Å²) in [5, 5.41) is 0. The highest BCUT2D eigenvalue weighted by Crippen LogP contribution is 2.66. The molecule has 0 aliphatic carbocycles. The van der Waals surface area contributed by atoms with Crippen molar-refractivity contribution < 1.29 is 92.2 Å². The first-order chi connectivity index (χ1) is 13.8. The lowest BCUT2D eigenvalue weighted by molar-refractivity contribution is -0.473. The fraction of sp³-hybridized carbons (Fsp3) is 1.00. The molecular weight excluding hydrogens is 658 g/mol. The van der Waals surface area contributed by atoms with Crippen LogP contribution in [0, 0.1) is 0 Å². The van der Waals surface area contributed by atoms with Crippen molar-refractivity contribution in [2.45, 2.75) is 59.5 Å². The molecule has 0 heterocycles. The third kappa shape index (κ3) is 3.86. The monoisotopic (exact) mass is 660 g/mol. The van der Waals surface area contributed by atoms with E-state index in [1.807, 2.05) is 0 Å². The Balaban J connectivity index is 7.03. The van der Waals surface area contributed by atoms with Crippen molar-refractivity contribution in [3.05, 3.63) is 0 Å². The lowest BCUT2D eigenvalue weighted by atomic mass is 9.86. The Morgan fingerprint density at radius 2 is 0.485 bits per heavy atom. The van der Waals surface area contributed by atoms with E-state index in [2.05, 4.69) is 0 Å². The van der Waals surface area contributed by atoms with E-state index in [0.717, 1.165) is 0 Å². The molecule has 0 atom stereocenters. The van der Waals surface area contributed by atoms with Gasteiger partial charge in [-0.1, -0.05) is 22.6 Å². The van der Waals surface area contributed by atoms with Gasteiger partial charge in [0.1, 0.15) is 0 Å². The number of hydrogen-bond donors (Lipinski definition) is 0. The van der Waals surface area contributed by atoms with Gasteiger partial charge in [-0.3, -0.25) is 0 Å². The van der Waals surface area contributed by atoms with E-state index in [1.54, 1.807) is 0 Å². The summed E-state index contributed by atoms with van der Waals surface area (Å²) in [5.74, 6) is -76.2. The Labute approximate surface area is 179 Å². The SMILES string of the molecule is FC(F)(F)C(F)(F)C(F)(F)C(F)(F)C(F)(F)C(F)(F)C(F)(F)C(F)(F)C(F)(F)C(F)(F)CI. The van der Waals surface area contributed by atoms with E-state index in [-0.39, 0.29) is 22.6 Å². The van der Waals surface area contributed by atoms with Gasteiger partial charge in [0.2, 0.25) is 0 Å². The maximum Gasteiger partial charge on any atom is 0.460 e. The molecule has 200 valence electrons. The highest BCUT2D eigenvalue weighted by Gasteiger charge is 2.97. The largest absolute Gasteiger partial charge is 0.460 e. The van der Waals surface area contributed by atoms with Crippen molar-refractivity contribution >= 4 is 22.6 Å². The van der Waals surface area contributed by atoms with Crippen molar-refractivity contribution in [3.8, 4) is 0 Å². The molecule has 0 spiro atoms. The predicted molar refractivity (Wildman–Crippen MR) is 69.5 cm³/mol. The van der Waals surface area contributed by atoms with Gasteiger partial charge in [-0.2, -0.15) is 92.2 Å². The summed E-state index contributed by atoms with van der Waals surface area (Å²) in [6.45, 7) is 0. The lowest BCUT2D eigenvalue weighted by Gasteiger charge is -2.44. The van der Waals surface area contributed by atoms with Crippen LogP contribution in [0.5, 0.6) is 0 Å². The van der Waals surface area contributed by atoms with Gasteiger partial charge in [0.05, 0.1) is 4.43 Å². The van der Waals surface area contributed by atoms with Gasteiger partial charge in [0, 0.05) is 0 Å². The zero-order valence-electron chi connectivity index (χ0n) is 14.0. The summed E-state index contributed by atoms with van der Waals surface area (Å²) in [6.07, 6.45) is -7.98. The molecule has 0 unspecified atom stereocenters. The van der Waals surface area contributed by atoms with E-state index in [9.17, 15) is 92.2 Å². The number of halogens is 22. The maximum absolute atomic E-state index is 13.3. The van der Waals surface area contributed by atoms with E-state index >= 15 is 0 Å². The van der Waals surface area contributed by atoms with Gasteiger partial charge >= 0.3 is 59.5 Å². The fourth-order valence-corrected chi connectivity index (χ4v) is 2.15. The molecule has 0 radical (unpaired) electrons. The van der Waals surface area contributed by atoms with Crippen LogP contribution in [0.3, 0.4) is 0 Å². The summed E-state index contributed by atoms with van der Waals surface area (Å²) in [5.41, 5.74) is 0. The van der Waals surface area contributed by atoms with Gasteiger partial charge in [-0.25, -0.2) is 0 Å². The van der Waals surface area contributed by atoms with Crippen LogP contribution >= 0.6 is 22.6 Å². The molecule has 0 aromatic heterocycles. The maximum atomic E-state index is 13.3. The van der Waals surface area contributed by atoms with Gasteiger partial charge in [-0.05, 0) is 0 Å². The highest BCUT2D eigenvalue weighted by atomic mass is 127. The molecule has 0 saturated carbocycles. The van der Waals surface area contributed by atoms with Crippen LogP contribution < -0.4 is 0 Å². The minimum Gasteiger partial charge on any atom is -0.199 e. The first-order valence-corrected chi connectivity index (χ1v) is 8.37. The van der Waals surface area contributed by atoms with Crippen molar-refractivity contribution in [2.24, 2.45) is 0 Å². The van der Waals surface area contributed by atoms with Crippen molar-refractivity contribution in [1.29, 1.82) is 0 Å².